The van der Waals surface area contributed by atoms with Gasteiger partial charge in [-0.2, -0.15) is 0 Å². The highest BCUT2D eigenvalue weighted by Crippen LogP contribution is 2.19. The van der Waals surface area contributed by atoms with Gasteiger partial charge in [0.1, 0.15) is 0 Å². The van der Waals surface area contributed by atoms with E-state index in [9.17, 15) is 9.18 Å². The van der Waals surface area contributed by atoms with Crippen molar-refractivity contribution in [2.24, 2.45) is 0 Å². The fourth-order valence-corrected chi connectivity index (χ4v) is 1.13. The molecular weight excluding hydrogens is 143 g/mol. The van der Waals surface area contributed by atoms with Gasteiger partial charge in [0, 0.05) is 6.42 Å². The minimum Gasteiger partial charge on any atom is -0.299 e. The van der Waals surface area contributed by atoms with Gasteiger partial charge in [0.25, 0.3) is 0 Å². The van der Waals surface area contributed by atoms with E-state index in [0.29, 0.717) is 6.29 Å². The molecular formula is C9H11FO. The van der Waals surface area contributed by atoms with Crippen molar-refractivity contribution in [3.63, 3.8) is 0 Å². The van der Waals surface area contributed by atoms with Gasteiger partial charge in [-0.05, 0) is 19.3 Å². The van der Waals surface area contributed by atoms with Gasteiger partial charge < -0.3 is 0 Å². The first kappa shape index (κ1) is 8.26. The zero-order chi connectivity index (χ0) is 8.16. The van der Waals surface area contributed by atoms with Crippen molar-refractivity contribution < 1.29 is 9.18 Å². The lowest BCUT2D eigenvalue weighted by Crippen LogP contribution is -2.22. The maximum absolute atomic E-state index is 13.2. The topological polar surface area (TPSA) is 17.1 Å². The zero-order valence-electron chi connectivity index (χ0n) is 6.40. The van der Waals surface area contributed by atoms with Crippen LogP contribution in [0, 0.1) is 11.8 Å². The van der Waals surface area contributed by atoms with Crippen LogP contribution in [0.15, 0.2) is 0 Å². The van der Waals surface area contributed by atoms with E-state index < -0.39 is 5.67 Å². The Morgan fingerprint density at radius 1 is 1.36 bits per heavy atom. The number of halogens is 1. The second-order valence-corrected chi connectivity index (χ2v) is 2.84. The molecule has 1 aliphatic rings. The number of rotatable bonds is 1. The largest absolute Gasteiger partial charge is 0.299 e. The van der Waals surface area contributed by atoms with Crippen LogP contribution in [-0.2, 0) is 4.79 Å². The fourth-order valence-electron chi connectivity index (χ4n) is 1.13. The molecule has 1 nitrogen and oxygen atoms in total. The van der Waals surface area contributed by atoms with Crippen LogP contribution in [0.4, 0.5) is 4.39 Å². The molecule has 0 N–H and O–H groups in total. The molecule has 1 unspecified atom stereocenters. The third kappa shape index (κ3) is 2.34. The standard InChI is InChI=1S/C9H11FO/c10-9(8-11)6-4-2-1-3-5-7-9/h8H,1-4,6H2. The summed E-state index contributed by atoms with van der Waals surface area (Å²) >= 11 is 0. The number of hydrogen-bond acceptors (Lipinski definition) is 1. The van der Waals surface area contributed by atoms with Crippen LogP contribution in [-0.4, -0.2) is 12.0 Å². The minimum atomic E-state index is -1.85. The molecule has 11 heavy (non-hydrogen) atoms. The minimum absolute atomic E-state index is 0.267. The van der Waals surface area contributed by atoms with E-state index in [0.717, 1.165) is 25.7 Å². The predicted molar refractivity (Wildman–Crippen MR) is 40.8 cm³/mol. The molecule has 1 atom stereocenters. The first-order valence-electron chi connectivity index (χ1n) is 3.92. The maximum Gasteiger partial charge on any atom is 0.225 e. The Morgan fingerprint density at radius 3 is 2.91 bits per heavy atom. The van der Waals surface area contributed by atoms with Crippen molar-refractivity contribution in [1.29, 1.82) is 0 Å². The third-order valence-corrected chi connectivity index (χ3v) is 1.83. The van der Waals surface area contributed by atoms with Crippen LogP contribution in [0.25, 0.3) is 0 Å². The Balaban J connectivity index is 2.68. The molecule has 0 aromatic rings. The number of aldehydes is 1. The van der Waals surface area contributed by atoms with Crippen LogP contribution < -0.4 is 0 Å². The first-order chi connectivity index (χ1) is 5.27. The molecule has 0 aliphatic heterocycles. The van der Waals surface area contributed by atoms with E-state index in [1.807, 2.05) is 0 Å². The highest BCUT2D eigenvalue weighted by molar-refractivity contribution is 5.68. The molecule has 60 valence electrons. The average molecular weight is 154 g/mol. The SMILES string of the molecule is O=CC1(F)C#CCCCCC1. The average Bonchev–Trinajstić information content (AvgIpc) is 1.98. The Labute approximate surface area is 66.0 Å². The summed E-state index contributed by atoms with van der Waals surface area (Å²) in [5, 5.41) is 0. The predicted octanol–water partition coefficient (Wildman–Crippen LogP) is 1.86. The van der Waals surface area contributed by atoms with Crippen LogP contribution in [0.5, 0.6) is 0 Å². The molecule has 0 saturated carbocycles. The Morgan fingerprint density at radius 2 is 2.18 bits per heavy atom. The molecule has 0 bridgehead atoms. The van der Waals surface area contributed by atoms with Gasteiger partial charge in [0.2, 0.25) is 5.67 Å². The summed E-state index contributed by atoms with van der Waals surface area (Å²) in [6.07, 6.45) is 4.09. The van der Waals surface area contributed by atoms with Gasteiger partial charge >= 0.3 is 0 Å². The Bertz CT molecular complexity index is 201. The van der Waals surface area contributed by atoms with E-state index in [2.05, 4.69) is 11.8 Å². The molecule has 0 heterocycles. The summed E-state index contributed by atoms with van der Waals surface area (Å²) in [6.45, 7) is 0. The number of carbonyl (C=O) groups is 1. The molecule has 0 amide bonds. The summed E-state index contributed by atoms with van der Waals surface area (Å²) < 4.78 is 13.2. The highest BCUT2D eigenvalue weighted by Gasteiger charge is 2.25. The fraction of sp³-hybridized carbons (Fsp3) is 0.667. The van der Waals surface area contributed by atoms with Crippen LogP contribution in [0.3, 0.4) is 0 Å². The monoisotopic (exact) mass is 154 g/mol. The summed E-state index contributed by atoms with van der Waals surface area (Å²) in [5.74, 6) is 5.04. The van der Waals surface area contributed by atoms with Gasteiger partial charge in [0.15, 0.2) is 6.29 Å². The smallest absolute Gasteiger partial charge is 0.225 e. The van der Waals surface area contributed by atoms with E-state index in [1.165, 1.54) is 0 Å². The van der Waals surface area contributed by atoms with E-state index in [-0.39, 0.29) is 6.42 Å². The lowest BCUT2D eigenvalue weighted by atomic mass is 9.97. The quantitative estimate of drug-likeness (QED) is 0.416. The van der Waals surface area contributed by atoms with Crippen molar-refractivity contribution in [3.8, 4) is 11.8 Å². The van der Waals surface area contributed by atoms with Gasteiger partial charge in [-0.1, -0.05) is 18.3 Å². The lowest BCUT2D eigenvalue weighted by molar-refractivity contribution is -0.115. The molecule has 0 aromatic heterocycles. The third-order valence-electron chi connectivity index (χ3n) is 1.83. The molecule has 0 saturated heterocycles. The first-order valence-corrected chi connectivity index (χ1v) is 3.92. The van der Waals surface area contributed by atoms with Crippen LogP contribution in [0.1, 0.15) is 32.1 Å². The Kier molecular flexibility index (Phi) is 2.64. The normalized spacial score (nSPS) is 31.0. The lowest BCUT2D eigenvalue weighted by Gasteiger charge is -2.12. The second-order valence-electron chi connectivity index (χ2n) is 2.84. The maximum atomic E-state index is 13.2. The summed E-state index contributed by atoms with van der Waals surface area (Å²) in [6, 6.07) is 0. The molecule has 1 aliphatic carbocycles. The van der Waals surface area contributed by atoms with Gasteiger partial charge in [0.05, 0.1) is 0 Å². The Hall–Kier alpha value is -0.840. The summed E-state index contributed by atoms with van der Waals surface area (Å²) in [5.41, 5.74) is -1.85. The van der Waals surface area contributed by atoms with Gasteiger partial charge in [-0.15, -0.1) is 0 Å². The van der Waals surface area contributed by atoms with Crippen molar-refractivity contribution in [2.75, 3.05) is 0 Å². The molecule has 0 fully saturated rings. The molecule has 1 rings (SSSR count). The van der Waals surface area contributed by atoms with Gasteiger partial charge in [-0.25, -0.2) is 4.39 Å². The van der Waals surface area contributed by atoms with Crippen molar-refractivity contribution in [3.05, 3.63) is 0 Å². The van der Waals surface area contributed by atoms with E-state index in [1.54, 1.807) is 0 Å². The summed E-state index contributed by atoms with van der Waals surface area (Å²) in [7, 11) is 0. The molecule has 0 radical (unpaired) electrons. The van der Waals surface area contributed by atoms with Crippen LogP contribution in [0.2, 0.25) is 0 Å². The summed E-state index contributed by atoms with van der Waals surface area (Å²) in [4.78, 5) is 10.3. The van der Waals surface area contributed by atoms with E-state index in [4.69, 9.17) is 0 Å². The molecule has 2 heteroatoms. The van der Waals surface area contributed by atoms with Crippen LogP contribution >= 0.6 is 0 Å². The van der Waals surface area contributed by atoms with Crippen molar-refractivity contribution >= 4 is 6.29 Å². The highest BCUT2D eigenvalue weighted by atomic mass is 19.1. The van der Waals surface area contributed by atoms with Gasteiger partial charge in [-0.3, -0.25) is 4.79 Å². The number of hydrogen-bond donors (Lipinski definition) is 0. The number of carbonyl (C=O) groups excluding carboxylic acids is 1. The van der Waals surface area contributed by atoms with Crippen molar-refractivity contribution in [2.45, 2.75) is 37.8 Å². The molecule has 0 spiro atoms. The van der Waals surface area contributed by atoms with Crippen molar-refractivity contribution in [1.82, 2.24) is 0 Å². The molecule has 0 aromatic carbocycles. The van der Waals surface area contributed by atoms with E-state index >= 15 is 0 Å². The zero-order valence-corrected chi connectivity index (χ0v) is 6.40. The second kappa shape index (κ2) is 3.52. The number of alkyl halides is 1.